The summed E-state index contributed by atoms with van der Waals surface area (Å²) in [5.41, 5.74) is 5.47. The maximum Gasteiger partial charge on any atom is 0.323 e. The van der Waals surface area contributed by atoms with Crippen molar-refractivity contribution in [3.05, 3.63) is 52.3 Å². The number of rotatable bonds is 7. The summed E-state index contributed by atoms with van der Waals surface area (Å²) < 4.78 is 30.2. The average molecular weight is 447 g/mol. The monoisotopic (exact) mass is 446 g/mol. The van der Waals surface area contributed by atoms with E-state index in [4.69, 9.17) is 0 Å². The van der Waals surface area contributed by atoms with E-state index in [9.17, 15) is 18.3 Å². The highest BCUT2D eigenvalue weighted by Gasteiger charge is 2.26. The highest BCUT2D eigenvalue weighted by molar-refractivity contribution is 7.89. The molecule has 1 atom stereocenters. The summed E-state index contributed by atoms with van der Waals surface area (Å²) in [6, 6.07) is 6.84. The Morgan fingerprint density at radius 1 is 1.16 bits per heavy atom. The van der Waals surface area contributed by atoms with Crippen molar-refractivity contribution in [1.82, 2.24) is 9.29 Å². The Morgan fingerprint density at radius 2 is 1.77 bits per heavy atom. The van der Waals surface area contributed by atoms with Gasteiger partial charge in [-0.15, -0.1) is 0 Å². The van der Waals surface area contributed by atoms with Crippen molar-refractivity contribution in [2.24, 2.45) is 5.41 Å². The number of carboxylic acids is 1. The van der Waals surface area contributed by atoms with Crippen LogP contribution in [0.15, 0.2) is 29.2 Å². The second-order valence-electron chi connectivity index (χ2n) is 9.71. The van der Waals surface area contributed by atoms with Gasteiger partial charge in [-0.2, -0.15) is 0 Å². The summed E-state index contributed by atoms with van der Waals surface area (Å²) in [5.74, 6) is -0.829. The number of sulfonamides is 1. The van der Waals surface area contributed by atoms with Crippen molar-refractivity contribution in [3.8, 4) is 0 Å². The molecular weight excluding hydrogens is 412 g/mol. The number of carboxylic acid groups (broad SMARTS) is 1. The molecule has 0 bridgehead atoms. The number of fused-ring (bicyclic) bond motifs is 1. The van der Waals surface area contributed by atoms with E-state index in [-0.39, 0.29) is 22.9 Å². The molecule has 0 saturated heterocycles. The van der Waals surface area contributed by atoms with Gasteiger partial charge in [0.25, 0.3) is 0 Å². The molecule has 7 heteroatoms. The van der Waals surface area contributed by atoms with Gasteiger partial charge in [0, 0.05) is 17.4 Å². The van der Waals surface area contributed by atoms with Crippen molar-refractivity contribution in [2.45, 2.75) is 84.2 Å². The smallest absolute Gasteiger partial charge is 0.323 e. The Balaban J connectivity index is 1.85. The molecule has 1 aliphatic carbocycles. The molecular formula is C24H34N2O4S. The van der Waals surface area contributed by atoms with Crippen molar-refractivity contribution < 1.29 is 18.3 Å². The largest absolute Gasteiger partial charge is 0.480 e. The Kier molecular flexibility index (Phi) is 6.67. The first-order valence-electron chi connectivity index (χ1n) is 10.9. The third kappa shape index (κ3) is 5.21. The van der Waals surface area contributed by atoms with Crippen LogP contribution in [-0.4, -0.2) is 30.1 Å². The molecule has 1 unspecified atom stereocenters. The zero-order chi connectivity index (χ0) is 23.0. The summed E-state index contributed by atoms with van der Waals surface area (Å²) >= 11 is 0. The molecule has 31 heavy (non-hydrogen) atoms. The zero-order valence-electron chi connectivity index (χ0n) is 19.2. The third-order valence-corrected chi connectivity index (χ3v) is 8.07. The van der Waals surface area contributed by atoms with Crippen molar-refractivity contribution in [2.75, 3.05) is 0 Å². The lowest BCUT2D eigenvalue weighted by molar-refractivity contribution is -0.137. The number of hydrogen-bond acceptors (Lipinski definition) is 3. The fourth-order valence-electron chi connectivity index (χ4n) is 4.15. The Labute approximate surface area is 185 Å². The number of nitrogens with one attached hydrogen (secondary N) is 1. The number of aromatic nitrogens is 1. The van der Waals surface area contributed by atoms with Crippen LogP contribution >= 0.6 is 0 Å². The fourth-order valence-corrected chi connectivity index (χ4v) is 5.60. The molecule has 0 radical (unpaired) electrons. The second kappa shape index (κ2) is 8.79. The van der Waals surface area contributed by atoms with Crippen LogP contribution in [0.5, 0.6) is 0 Å². The summed E-state index contributed by atoms with van der Waals surface area (Å²) in [6.45, 7) is 9.87. The molecule has 3 rings (SSSR count). The zero-order valence-corrected chi connectivity index (χ0v) is 20.0. The molecule has 170 valence electrons. The number of benzene rings is 1. The van der Waals surface area contributed by atoms with Gasteiger partial charge in [0.05, 0.1) is 4.90 Å². The molecule has 2 aromatic rings. The van der Waals surface area contributed by atoms with E-state index < -0.39 is 16.0 Å². The maximum atomic E-state index is 12.7. The molecule has 1 aromatic heterocycles. The third-order valence-electron chi connectivity index (χ3n) is 6.51. The van der Waals surface area contributed by atoms with Crippen LogP contribution in [0.3, 0.4) is 0 Å². The van der Waals surface area contributed by atoms with Gasteiger partial charge in [0.1, 0.15) is 6.54 Å². The lowest BCUT2D eigenvalue weighted by atomic mass is 9.89. The van der Waals surface area contributed by atoms with Gasteiger partial charge < -0.3 is 9.67 Å². The van der Waals surface area contributed by atoms with Crippen LogP contribution < -0.4 is 4.72 Å². The van der Waals surface area contributed by atoms with Crippen LogP contribution in [0, 0.1) is 12.3 Å². The van der Waals surface area contributed by atoms with E-state index in [1.54, 1.807) is 12.1 Å². The van der Waals surface area contributed by atoms with Gasteiger partial charge >= 0.3 is 5.97 Å². The fraction of sp³-hybridized carbons (Fsp3) is 0.542. The maximum absolute atomic E-state index is 12.7. The van der Waals surface area contributed by atoms with Crippen LogP contribution in [0.25, 0.3) is 0 Å². The topological polar surface area (TPSA) is 88.4 Å². The van der Waals surface area contributed by atoms with E-state index >= 15 is 0 Å². The van der Waals surface area contributed by atoms with Crippen molar-refractivity contribution >= 4 is 16.0 Å². The Bertz CT molecular complexity index is 1060. The number of nitrogens with zero attached hydrogens (tertiary/aromatic N) is 1. The molecule has 1 aromatic carbocycles. The minimum Gasteiger partial charge on any atom is -0.480 e. The van der Waals surface area contributed by atoms with Gasteiger partial charge in [-0.3, -0.25) is 4.79 Å². The van der Waals surface area contributed by atoms with Gasteiger partial charge in [-0.1, -0.05) is 32.9 Å². The Hall–Kier alpha value is -2.12. The highest BCUT2D eigenvalue weighted by atomic mass is 32.2. The summed E-state index contributed by atoms with van der Waals surface area (Å²) in [6.07, 6.45) is 4.76. The van der Waals surface area contributed by atoms with E-state index in [1.165, 1.54) is 11.1 Å². The minimum atomic E-state index is -3.58. The number of carbonyl (C=O) groups is 1. The summed E-state index contributed by atoms with van der Waals surface area (Å²) in [4.78, 5) is 11.6. The van der Waals surface area contributed by atoms with Crippen LogP contribution in [0.2, 0.25) is 0 Å². The standard InChI is InChI=1S/C24H34N2O4S/c1-16-21(20-8-6-7-9-22(20)26(16)15-23(27)28)14-18-10-12-19(13-11-18)31(29,30)25-17(2)24(3,4)5/h10-13,17,25H,6-9,14-15H2,1-5H3,(H,27,28). The lowest BCUT2D eigenvalue weighted by Gasteiger charge is -2.27. The predicted octanol–water partition coefficient (Wildman–Crippen LogP) is 4.06. The van der Waals surface area contributed by atoms with Gasteiger partial charge in [0.15, 0.2) is 0 Å². The van der Waals surface area contributed by atoms with Gasteiger partial charge in [-0.05, 0) is 80.2 Å². The molecule has 1 aliphatic rings. The molecule has 6 nitrogen and oxygen atoms in total. The average Bonchev–Trinajstić information content (AvgIpc) is 2.93. The number of aliphatic carboxylic acids is 1. The van der Waals surface area contributed by atoms with Crippen molar-refractivity contribution in [3.63, 3.8) is 0 Å². The molecule has 0 aliphatic heterocycles. The van der Waals surface area contributed by atoms with E-state index in [2.05, 4.69) is 4.72 Å². The Morgan fingerprint density at radius 3 is 2.35 bits per heavy atom. The van der Waals surface area contributed by atoms with Crippen molar-refractivity contribution in [1.29, 1.82) is 0 Å². The summed E-state index contributed by atoms with van der Waals surface area (Å²) in [5, 5.41) is 9.33. The molecule has 0 spiro atoms. The van der Waals surface area contributed by atoms with Gasteiger partial charge in [-0.25, -0.2) is 13.1 Å². The quantitative estimate of drug-likeness (QED) is 0.671. The second-order valence-corrected chi connectivity index (χ2v) is 11.4. The minimum absolute atomic E-state index is 0.0109. The van der Waals surface area contributed by atoms with E-state index in [0.717, 1.165) is 42.6 Å². The highest BCUT2D eigenvalue weighted by Crippen LogP contribution is 2.32. The first-order valence-corrected chi connectivity index (χ1v) is 12.4. The van der Waals surface area contributed by atoms with E-state index in [0.29, 0.717) is 6.42 Å². The first-order chi connectivity index (χ1) is 14.4. The van der Waals surface area contributed by atoms with Crippen LogP contribution in [0.4, 0.5) is 0 Å². The van der Waals surface area contributed by atoms with Crippen LogP contribution in [-0.2, 0) is 40.6 Å². The van der Waals surface area contributed by atoms with E-state index in [1.807, 2.05) is 51.3 Å². The van der Waals surface area contributed by atoms with Crippen LogP contribution in [0.1, 0.15) is 68.6 Å². The molecule has 0 amide bonds. The molecule has 2 N–H and O–H groups in total. The molecule has 0 fully saturated rings. The predicted molar refractivity (Wildman–Crippen MR) is 122 cm³/mol. The normalized spacial score (nSPS) is 15.5. The van der Waals surface area contributed by atoms with Gasteiger partial charge in [0.2, 0.25) is 10.0 Å². The number of hydrogen-bond donors (Lipinski definition) is 2. The SMILES string of the molecule is Cc1c(Cc2ccc(S(=O)(=O)NC(C)C(C)(C)C)cc2)c2c(n1CC(=O)O)CCCC2. The molecule has 0 saturated carbocycles. The lowest BCUT2D eigenvalue weighted by Crippen LogP contribution is -2.41. The first kappa shape index (κ1) is 23.5. The molecule has 1 heterocycles. The summed E-state index contributed by atoms with van der Waals surface area (Å²) in [7, 11) is -3.58.